The number of hydrogen-bond acceptors (Lipinski definition) is 4. The highest BCUT2D eigenvalue weighted by atomic mass is 19.1. The van der Waals surface area contributed by atoms with Crippen LogP contribution in [0.3, 0.4) is 0 Å². The van der Waals surface area contributed by atoms with Crippen LogP contribution in [0, 0.1) is 5.82 Å². The van der Waals surface area contributed by atoms with Crippen molar-refractivity contribution in [1.82, 2.24) is 4.90 Å². The molecule has 1 aromatic rings. The second-order valence-corrected chi connectivity index (χ2v) is 4.41. The number of carbonyl (C=O) groups excluding carboxylic acids is 1. The molecule has 0 saturated carbocycles. The van der Waals surface area contributed by atoms with E-state index >= 15 is 0 Å². The maximum Gasteiger partial charge on any atom is 0.239 e. The predicted molar refractivity (Wildman–Crippen MR) is 74.0 cm³/mol. The standard InChI is InChI=1S/C14H21FN2O3/c1-11(16)14(18)17(7-9-19-2)8-10-20-13-5-3-12(15)4-6-13/h3-6,11H,7-10,16H2,1-2H3/t11-/m0/s1. The summed E-state index contributed by atoms with van der Waals surface area (Å²) in [5.74, 6) is 0.0994. The van der Waals surface area contributed by atoms with E-state index in [1.807, 2.05) is 0 Å². The van der Waals surface area contributed by atoms with Crippen LogP contribution in [-0.2, 0) is 9.53 Å². The largest absolute Gasteiger partial charge is 0.492 e. The number of rotatable bonds is 8. The third-order valence-corrected chi connectivity index (χ3v) is 2.71. The highest BCUT2D eigenvalue weighted by Crippen LogP contribution is 2.10. The van der Waals surface area contributed by atoms with Gasteiger partial charge in [-0.15, -0.1) is 0 Å². The second kappa shape index (κ2) is 8.50. The SMILES string of the molecule is COCCN(CCOc1ccc(F)cc1)C(=O)[C@H](C)N. The molecule has 1 aromatic carbocycles. The summed E-state index contributed by atoms with van der Waals surface area (Å²) in [6, 6.07) is 5.18. The van der Waals surface area contributed by atoms with E-state index in [4.69, 9.17) is 15.2 Å². The zero-order valence-corrected chi connectivity index (χ0v) is 11.8. The Morgan fingerprint density at radius 2 is 1.90 bits per heavy atom. The van der Waals surface area contributed by atoms with Gasteiger partial charge in [0, 0.05) is 13.7 Å². The summed E-state index contributed by atoms with van der Waals surface area (Å²) in [5.41, 5.74) is 5.59. The van der Waals surface area contributed by atoms with Crippen LogP contribution in [0.5, 0.6) is 5.75 Å². The van der Waals surface area contributed by atoms with Gasteiger partial charge in [-0.05, 0) is 31.2 Å². The maximum atomic E-state index is 12.7. The molecule has 1 amide bonds. The smallest absolute Gasteiger partial charge is 0.239 e. The summed E-state index contributed by atoms with van der Waals surface area (Å²) < 4.78 is 23.2. The molecule has 0 aromatic heterocycles. The fraction of sp³-hybridized carbons (Fsp3) is 0.500. The molecule has 0 spiro atoms. The summed E-state index contributed by atoms with van der Waals surface area (Å²) in [6.45, 7) is 3.26. The Kier molecular flexibility index (Phi) is 6.97. The summed E-state index contributed by atoms with van der Waals surface area (Å²) in [5, 5.41) is 0. The average molecular weight is 284 g/mol. The van der Waals surface area contributed by atoms with E-state index in [-0.39, 0.29) is 11.7 Å². The Hall–Kier alpha value is -1.66. The fourth-order valence-electron chi connectivity index (χ4n) is 1.63. The van der Waals surface area contributed by atoms with Crippen LogP contribution in [0.15, 0.2) is 24.3 Å². The Balaban J connectivity index is 2.45. The average Bonchev–Trinajstić information content (AvgIpc) is 2.43. The molecule has 6 heteroatoms. The Morgan fingerprint density at radius 1 is 1.30 bits per heavy atom. The summed E-state index contributed by atoms with van der Waals surface area (Å²) in [4.78, 5) is 13.5. The van der Waals surface area contributed by atoms with Gasteiger partial charge >= 0.3 is 0 Å². The zero-order valence-electron chi connectivity index (χ0n) is 11.8. The van der Waals surface area contributed by atoms with Crippen molar-refractivity contribution in [3.63, 3.8) is 0 Å². The van der Waals surface area contributed by atoms with Gasteiger partial charge in [-0.3, -0.25) is 4.79 Å². The van der Waals surface area contributed by atoms with Gasteiger partial charge in [0.2, 0.25) is 5.91 Å². The van der Waals surface area contributed by atoms with Gasteiger partial charge in [-0.2, -0.15) is 0 Å². The van der Waals surface area contributed by atoms with Crippen LogP contribution in [0.2, 0.25) is 0 Å². The molecule has 1 rings (SSSR count). The third kappa shape index (κ3) is 5.54. The van der Waals surface area contributed by atoms with E-state index in [1.54, 1.807) is 31.1 Å². The van der Waals surface area contributed by atoms with Gasteiger partial charge in [-0.25, -0.2) is 4.39 Å². The molecular formula is C14H21FN2O3. The van der Waals surface area contributed by atoms with E-state index in [0.717, 1.165) is 0 Å². The number of ether oxygens (including phenoxy) is 2. The van der Waals surface area contributed by atoms with E-state index in [9.17, 15) is 9.18 Å². The predicted octanol–water partition coefficient (Wildman–Crippen LogP) is 1.03. The first-order chi connectivity index (χ1) is 9.54. The molecule has 2 N–H and O–H groups in total. The molecule has 20 heavy (non-hydrogen) atoms. The molecule has 1 atom stereocenters. The summed E-state index contributed by atoms with van der Waals surface area (Å²) >= 11 is 0. The summed E-state index contributed by atoms with van der Waals surface area (Å²) in [6.07, 6.45) is 0. The molecule has 0 fully saturated rings. The minimum Gasteiger partial charge on any atom is -0.492 e. The van der Waals surface area contributed by atoms with Crippen molar-refractivity contribution in [3.8, 4) is 5.75 Å². The van der Waals surface area contributed by atoms with Gasteiger partial charge in [0.05, 0.1) is 19.2 Å². The summed E-state index contributed by atoms with van der Waals surface area (Å²) in [7, 11) is 1.57. The Morgan fingerprint density at radius 3 is 2.45 bits per heavy atom. The first-order valence-electron chi connectivity index (χ1n) is 6.46. The monoisotopic (exact) mass is 284 g/mol. The minimum atomic E-state index is -0.558. The fourth-order valence-corrected chi connectivity index (χ4v) is 1.63. The Bertz CT molecular complexity index is 409. The molecule has 0 saturated heterocycles. The topological polar surface area (TPSA) is 64.8 Å². The van der Waals surface area contributed by atoms with Gasteiger partial charge in [0.1, 0.15) is 18.2 Å². The van der Waals surface area contributed by atoms with Crippen LogP contribution in [0.25, 0.3) is 0 Å². The minimum absolute atomic E-state index is 0.148. The molecule has 112 valence electrons. The molecule has 0 bridgehead atoms. The van der Waals surface area contributed by atoms with Crippen LogP contribution in [0.4, 0.5) is 4.39 Å². The molecule has 0 aliphatic heterocycles. The molecule has 5 nitrogen and oxygen atoms in total. The maximum absolute atomic E-state index is 12.7. The van der Waals surface area contributed by atoms with Gasteiger partial charge in [0.25, 0.3) is 0 Å². The normalized spacial score (nSPS) is 12.0. The number of nitrogens with zero attached hydrogens (tertiary/aromatic N) is 1. The lowest BCUT2D eigenvalue weighted by Crippen LogP contribution is -2.45. The zero-order chi connectivity index (χ0) is 15.0. The van der Waals surface area contributed by atoms with Crippen molar-refractivity contribution < 1.29 is 18.7 Å². The first-order valence-corrected chi connectivity index (χ1v) is 6.46. The number of methoxy groups -OCH3 is 1. The van der Waals surface area contributed by atoms with Gasteiger partial charge < -0.3 is 20.1 Å². The lowest BCUT2D eigenvalue weighted by Gasteiger charge is -2.24. The molecule has 0 aliphatic rings. The van der Waals surface area contributed by atoms with Crippen molar-refractivity contribution >= 4 is 5.91 Å². The molecule has 0 radical (unpaired) electrons. The molecule has 0 heterocycles. The number of amides is 1. The number of carbonyl (C=O) groups is 1. The van der Waals surface area contributed by atoms with Crippen molar-refractivity contribution in [2.24, 2.45) is 5.73 Å². The number of nitrogens with two attached hydrogens (primary N) is 1. The number of hydrogen-bond donors (Lipinski definition) is 1. The number of halogens is 1. The van der Waals surface area contributed by atoms with Gasteiger partial charge in [-0.1, -0.05) is 0 Å². The van der Waals surface area contributed by atoms with Crippen LogP contribution in [-0.4, -0.2) is 50.3 Å². The van der Waals surface area contributed by atoms with E-state index in [1.165, 1.54) is 12.1 Å². The van der Waals surface area contributed by atoms with E-state index in [0.29, 0.717) is 32.1 Å². The van der Waals surface area contributed by atoms with E-state index < -0.39 is 6.04 Å². The van der Waals surface area contributed by atoms with Crippen LogP contribution < -0.4 is 10.5 Å². The van der Waals surface area contributed by atoms with E-state index in [2.05, 4.69) is 0 Å². The third-order valence-electron chi connectivity index (χ3n) is 2.71. The van der Waals surface area contributed by atoms with Crippen molar-refractivity contribution in [1.29, 1.82) is 0 Å². The lowest BCUT2D eigenvalue weighted by molar-refractivity contribution is -0.133. The van der Waals surface area contributed by atoms with Gasteiger partial charge in [0.15, 0.2) is 0 Å². The number of benzene rings is 1. The molecule has 0 aliphatic carbocycles. The first kappa shape index (κ1) is 16.4. The van der Waals surface area contributed by atoms with Crippen molar-refractivity contribution in [2.45, 2.75) is 13.0 Å². The molecule has 0 unspecified atom stereocenters. The van der Waals surface area contributed by atoms with Crippen LogP contribution >= 0.6 is 0 Å². The second-order valence-electron chi connectivity index (χ2n) is 4.41. The van der Waals surface area contributed by atoms with Crippen molar-refractivity contribution in [3.05, 3.63) is 30.1 Å². The van der Waals surface area contributed by atoms with Crippen LogP contribution in [0.1, 0.15) is 6.92 Å². The Labute approximate surface area is 118 Å². The highest BCUT2D eigenvalue weighted by Gasteiger charge is 2.16. The molecular weight excluding hydrogens is 263 g/mol. The highest BCUT2D eigenvalue weighted by molar-refractivity contribution is 5.81. The quantitative estimate of drug-likeness (QED) is 0.774. The van der Waals surface area contributed by atoms with Crippen molar-refractivity contribution in [2.75, 3.05) is 33.4 Å². The lowest BCUT2D eigenvalue weighted by atomic mass is 10.3.